The highest BCUT2D eigenvalue weighted by Gasteiger charge is 1.82. The number of rotatable bonds is 5. The summed E-state index contributed by atoms with van der Waals surface area (Å²) in [5.41, 5.74) is 0. The lowest BCUT2D eigenvalue weighted by Crippen LogP contribution is -1.93. The molecule has 0 amide bonds. The molecule has 0 saturated heterocycles. The molecule has 0 N–H and O–H groups in total. The van der Waals surface area contributed by atoms with Gasteiger partial charge in [0.25, 0.3) is 0 Å². The van der Waals surface area contributed by atoms with Crippen molar-refractivity contribution in [1.29, 1.82) is 0 Å². The Hall–Kier alpha value is -0.370. The van der Waals surface area contributed by atoms with Gasteiger partial charge < -0.3 is 4.74 Å². The molecule has 0 aromatic heterocycles. The van der Waals surface area contributed by atoms with Gasteiger partial charge in [-0.25, -0.2) is 0 Å². The molecule has 0 bridgehead atoms. The van der Waals surface area contributed by atoms with Gasteiger partial charge in [0.1, 0.15) is 0 Å². The summed E-state index contributed by atoms with van der Waals surface area (Å²) < 4.78 is 16.2. The van der Waals surface area contributed by atoms with E-state index in [4.69, 9.17) is 4.74 Å². The molecule has 0 aliphatic heterocycles. The van der Waals surface area contributed by atoms with Crippen LogP contribution in [0.15, 0.2) is 12.7 Å². The second-order valence-electron chi connectivity index (χ2n) is 1.41. The van der Waals surface area contributed by atoms with Crippen LogP contribution >= 0.6 is 0 Å². The number of alkyl halides is 1. The Morgan fingerprint density at radius 2 is 2.38 bits per heavy atom. The van der Waals surface area contributed by atoms with Gasteiger partial charge >= 0.3 is 0 Å². The van der Waals surface area contributed by atoms with Gasteiger partial charge in [-0.2, -0.15) is 0 Å². The SMILES string of the molecule is C=CCOCCCF. The largest absolute Gasteiger partial charge is 0.377 e. The third kappa shape index (κ3) is 5.63. The Bertz CT molecular complexity index is 54.5. The van der Waals surface area contributed by atoms with Crippen molar-refractivity contribution in [2.24, 2.45) is 0 Å². The van der Waals surface area contributed by atoms with Crippen LogP contribution in [0.25, 0.3) is 0 Å². The summed E-state index contributed by atoms with van der Waals surface area (Å²) in [5.74, 6) is 0. The zero-order valence-corrected chi connectivity index (χ0v) is 4.90. The monoisotopic (exact) mass is 118 g/mol. The molecular formula is C6H11FO. The van der Waals surface area contributed by atoms with E-state index in [1.807, 2.05) is 0 Å². The summed E-state index contributed by atoms with van der Waals surface area (Å²) in [6.07, 6.45) is 2.14. The summed E-state index contributed by atoms with van der Waals surface area (Å²) in [7, 11) is 0. The Labute approximate surface area is 49.2 Å². The van der Waals surface area contributed by atoms with E-state index >= 15 is 0 Å². The van der Waals surface area contributed by atoms with E-state index in [-0.39, 0.29) is 6.67 Å². The fourth-order valence-corrected chi connectivity index (χ4v) is 0.323. The second-order valence-corrected chi connectivity index (χ2v) is 1.41. The highest BCUT2D eigenvalue weighted by Crippen LogP contribution is 1.82. The van der Waals surface area contributed by atoms with Gasteiger partial charge in [0.2, 0.25) is 0 Å². The van der Waals surface area contributed by atoms with E-state index in [9.17, 15) is 4.39 Å². The molecule has 8 heavy (non-hydrogen) atoms. The zero-order valence-electron chi connectivity index (χ0n) is 4.90. The summed E-state index contributed by atoms with van der Waals surface area (Å²) in [6, 6.07) is 0. The number of ether oxygens (including phenoxy) is 1. The maximum Gasteiger partial charge on any atom is 0.0916 e. The first-order chi connectivity index (χ1) is 3.91. The third-order valence-electron chi connectivity index (χ3n) is 0.658. The summed E-state index contributed by atoms with van der Waals surface area (Å²) in [6.45, 7) is 4.18. The van der Waals surface area contributed by atoms with Crippen LogP contribution in [0.3, 0.4) is 0 Å². The van der Waals surface area contributed by atoms with Gasteiger partial charge in [-0.05, 0) is 6.42 Å². The molecule has 1 nitrogen and oxygen atoms in total. The summed E-state index contributed by atoms with van der Waals surface area (Å²) >= 11 is 0. The third-order valence-corrected chi connectivity index (χ3v) is 0.658. The molecule has 0 aromatic carbocycles. The van der Waals surface area contributed by atoms with Crippen molar-refractivity contribution in [2.45, 2.75) is 6.42 Å². The molecule has 0 saturated carbocycles. The molecule has 0 unspecified atom stereocenters. The van der Waals surface area contributed by atoms with Gasteiger partial charge in [-0.15, -0.1) is 6.58 Å². The standard InChI is InChI=1S/C6H11FO/c1-2-5-8-6-3-4-7/h2H,1,3-6H2. The van der Waals surface area contributed by atoms with Crippen LogP contribution in [-0.4, -0.2) is 19.9 Å². The van der Waals surface area contributed by atoms with Crippen molar-refractivity contribution in [2.75, 3.05) is 19.9 Å². The van der Waals surface area contributed by atoms with Gasteiger partial charge in [0.15, 0.2) is 0 Å². The van der Waals surface area contributed by atoms with Crippen LogP contribution in [0.1, 0.15) is 6.42 Å². The lowest BCUT2D eigenvalue weighted by atomic mass is 10.5. The zero-order chi connectivity index (χ0) is 6.24. The average molecular weight is 118 g/mol. The molecule has 48 valence electrons. The molecule has 0 fully saturated rings. The quantitative estimate of drug-likeness (QED) is 0.393. The van der Waals surface area contributed by atoms with Crippen molar-refractivity contribution < 1.29 is 9.13 Å². The van der Waals surface area contributed by atoms with Gasteiger partial charge in [-0.1, -0.05) is 6.08 Å². The first kappa shape index (κ1) is 7.63. The minimum Gasteiger partial charge on any atom is -0.377 e. The van der Waals surface area contributed by atoms with Crippen molar-refractivity contribution in [3.05, 3.63) is 12.7 Å². The van der Waals surface area contributed by atoms with Gasteiger partial charge in [-0.3, -0.25) is 4.39 Å². The van der Waals surface area contributed by atoms with Crippen LogP contribution in [0.4, 0.5) is 4.39 Å². The van der Waals surface area contributed by atoms with E-state index < -0.39 is 0 Å². The minimum absolute atomic E-state index is 0.295. The summed E-state index contributed by atoms with van der Waals surface area (Å²) in [5, 5.41) is 0. The molecule has 0 radical (unpaired) electrons. The van der Waals surface area contributed by atoms with Gasteiger partial charge in [0, 0.05) is 6.61 Å². The molecule has 0 spiro atoms. The first-order valence-electron chi connectivity index (χ1n) is 2.66. The van der Waals surface area contributed by atoms with Crippen LogP contribution < -0.4 is 0 Å². The van der Waals surface area contributed by atoms with E-state index in [0.717, 1.165) is 0 Å². The van der Waals surface area contributed by atoms with E-state index in [1.165, 1.54) is 0 Å². The highest BCUT2D eigenvalue weighted by molar-refractivity contribution is 4.63. The Balaban J connectivity index is 2.62. The second kappa shape index (κ2) is 6.63. The van der Waals surface area contributed by atoms with Crippen LogP contribution in [-0.2, 0) is 4.74 Å². The lowest BCUT2D eigenvalue weighted by Gasteiger charge is -1.94. The molecule has 0 rings (SSSR count). The molecule has 0 aliphatic rings. The first-order valence-corrected chi connectivity index (χ1v) is 2.66. The molecule has 2 heteroatoms. The maximum absolute atomic E-state index is 11.3. The Morgan fingerprint density at radius 3 is 2.88 bits per heavy atom. The smallest absolute Gasteiger partial charge is 0.0916 e. The van der Waals surface area contributed by atoms with Crippen molar-refractivity contribution in [1.82, 2.24) is 0 Å². The Morgan fingerprint density at radius 1 is 1.62 bits per heavy atom. The van der Waals surface area contributed by atoms with Crippen molar-refractivity contribution >= 4 is 0 Å². The fourth-order valence-electron chi connectivity index (χ4n) is 0.323. The van der Waals surface area contributed by atoms with Crippen molar-refractivity contribution in [3.63, 3.8) is 0 Å². The van der Waals surface area contributed by atoms with Gasteiger partial charge in [0.05, 0.1) is 13.3 Å². The van der Waals surface area contributed by atoms with E-state index in [0.29, 0.717) is 19.6 Å². The van der Waals surface area contributed by atoms with Crippen LogP contribution in [0.5, 0.6) is 0 Å². The molecule has 0 aliphatic carbocycles. The molecule has 0 heterocycles. The highest BCUT2D eigenvalue weighted by atomic mass is 19.1. The molecule has 0 aromatic rings. The topological polar surface area (TPSA) is 9.23 Å². The number of halogens is 1. The normalized spacial score (nSPS) is 9.12. The average Bonchev–Trinajstić information content (AvgIpc) is 1.81. The Kier molecular flexibility index (Phi) is 6.32. The summed E-state index contributed by atoms with van der Waals surface area (Å²) in [4.78, 5) is 0. The van der Waals surface area contributed by atoms with E-state index in [1.54, 1.807) is 6.08 Å². The minimum atomic E-state index is -0.295. The fraction of sp³-hybridized carbons (Fsp3) is 0.667. The van der Waals surface area contributed by atoms with Crippen LogP contribution in [0, 0.1) is 0 Å². The van der Waals surface area contributed by atoms with Crippen molar-refractivity contribution in [3.8, 4) is 0 Å². The molecular weight excluding hydrogens is 107 g/mol. The lowest BCUT2D eigenvalue weighted by molar-refractivity contribution is 0.153. The van der Waals surface area contributed by atoms with E-state index in [2.05, 4.69) is 6.58 Å². The number of hydrogen-bond acceptors (Lipinski definition) is 1. The molecule has 0 atom stereocenters. The van der Waals surface area contributed by atoms with Crippen LogP contribution in [0.2, 0.25) is 0 Å². The predicted octanol–water partition coefficient (Wildman–Crippen LogP) is 1.55. The number of hydrogen-bond donors (Lipinski definition) is 0. The predicted molar refractivity (Wildman–Crippen MR) is 31.6 cm³/mol. The maximum atomic E-state index is 11.3.